The van der Waals surface area contributed by atoms with E-state index in [1.807, 2.05) is 0 Å². The van der Waals surface area contributed by atoms with E-state index in [2.05, 4.69) is 0 Å². The zero-order chi connectivity index (χ0) is 19.1. The molecule has 7 N–H and O–H groups in total. The zero-order valence-corrected chi connectivity index (χ0v) is 12.8. The van der Waals surface area contributed by atoms with Crippen molar-refractivity contribution in [3.05, 3.63) is 56.1 Å². The minimum Gasteiger partial charge on any atom is -0.508 e. The number of phenolic OH excluding ortho intramolecular Hbond substituents is 2. The number of nitrogens with two attached hydrogens (primary N) is 2. The van der Waals surface area contributed by atoms with Crippen molar-refractivity contribution in [3.63, 3.8) is 0 Å². The molecule has 0 aromatic heterocycles. The Morgan fingerprint density at radius 2 is 1.64 bits per heavy atom. The molecular weight excluding hydrogens is 336 g/mol. The van der Waals surface area contributed by atoms with Crippen molar-refractivity contribution in [2.45, 2.75) is 6.42 Å². The van der Waals surface area contributed by atoms with Crippen LogP contribution in [-0.4, -0.2) is 31.8 Å². The highest BCUT2D eigenvalue weighted by atomic mass is 16.6. The molecule has 0 aliphatic heterocycles. The fraction of sp³-hybridized carbons (Fsp3) is 0.143. The molecule has 2 rings (SSSR count). The van der Waals surface area contributed by atoms with Gasteiger partial charge in [0.2, 0.25) is 0 Å². The topological polar surface area (TPSA) is 199 Å². The highest BCUT2D eigenvalue weighted by Gasteiger charge is 2.20. The number of nitro benzene ring substituents is 2. The zero-order valence-electron chi connectivity index (χ0n) is 12.8. The summed E-state index contributed by atoms with van der Waals surface area (Å²) in [4.78, 5) is 19.5. The van der Waals surface area contributed by atoms with Crippen LogP contribution in [0.3, 0.4) is 0 Å². The fourth-order valence-corrected chi connectivity index (χ4v) is 1.87. The molecule has 2 aromatic carbocycles. The minimum atomic E-state index is -0.667. The second-order valence-electron chi connectivity index (χ2n) is 4.74. The first-order chi connectivity index (χ1) is 11.7. The molecule has 25 heavy (non-hydrogen) atoms. The van der Waals surface area contributed by atoms with Crippen molar-refractivity contribution in [1.82, 2.24) is 0 Å². The molecule has 0 atom stereocenters. The Bertz CT molecular complexity index is 795. The van der Waals surface area contributed by atoms with E-state index in [0.717, 1.165) is 6.07 Å². The number of nitrogens with zero attached hydrogens (tertiary/aromatic N) is 2. The molecular formula is C14H16N4O7. The lowest BCUT2D eigenvalue weighted by molar-refractivity contribution is -0.384. The van der Waals surface area contributed by atoms with Crippen molar-refractivity contribution < 1.29 is 25.2 Å². The first-order valence-corrected chi connectivity index (χ1v) is 6.77. The van der Waals surface area contributed by atoms with Crippen molar-refractivity contribution in [2.75, 3.05) is 18.1 Å². The van der Waals surface area contributed by atoms with Gasteiger partial charge in [-0.1, -0.05) is 0 Å². The lowest BCUT2D eigenvalue weighted by atomic mass is 10.1. The number of aliphatic hydroxyl groups is 1. The van der Waals surface area contributed by atoms with E-state index in [9.17, 15) is 20.2 Å². The third kappa shape index (κ3) is 4.94. The van der Waals surface area contributed by atoms with E-state index in [1.54, 1.807) is 0 Å². The van der Waals surface area contributed by atoms with Gasteiger partial charge in [-0.05, 0) is 24.3 Å². The third-order valence-electron chi connectivity index (χ3n) is 3.05. The maximum Gasteiger partial charge on any atom is 0.299 e. The van der Waals surface area contributed by atoms with Crippen LogP contribution in [0.5, 0.6) is 11.5 Å². The van der Waals surface area contributed by atoms with Gasteiger partial charge in [0.25, 0.3) is 11.4 Å². The maximum absolute atomic E-state index is 10.6. The summed E-state index contributed by atoms with van der Waals surface area (Å²) in [5, 5.41) is 47.4. The molecule has 0 unspecified atom stereocenters. The van der Waals surface area contributed by atoms with Gasteiger partial charge in [0.05, 0.1) is 15.9 Å². The third-order valence-corrected chi connectivity index (χ3v) is 3.05. The van der Waals surface area contributed by atoms with Crippen LogP contribution in [0.2, 0.25) is 0 Å². The van der Waals surface area contributed by atoms with E-state index in [4.69, 9.17) is 26.8 Å². The largest absolute Gasteiger partial charge is 0.508 e. The van der Waals surface area contributed by atoms with Crippen molar-refractivity contribution in [1.29, 1.82) is 0 Å². The highest BCUT2D eigenvalue weighted by molar-refractivity contribution is 5.69. The highest BCUT2D eigenvalue weighted by Crippen LogP contribution is 2.33. The molecule has 2 aromatic rings. The van der Waals surface area contributed by atoms with E-state index in [1.165, 1.54) is 24.3 Å². The average molecular weight is 352 g/mol. The molecule has 0 amide bonds. The summed E-state index contributed by atoms with van der Waals surface area (Å²) >= 11 is 0. The number of anilines is 2. The number of hydrogen-bond donors (Lipinski definition) is 5. The van der Waals surface area contributed by atoms with Gasteiger partial charge < -0.3 is 26.8 Å². The minimum absolute atomic E-state index is 0.0489. The van der Waals surface area contributed by atoms with Crippen LogP contribution >= 0.6 is 0 Å². The van der Waals surface area contributed by atoms with Gasteiger partial charge in [-0.25, -0.2) is 0 Å². The second kappa shape index (κ2) is 8.31. The number of rotatable bonds is 4. The molecule has 0 bridgehead atoms. The van der Waals surface area contributed by atoms with E-state index >= 15 is 0 Å². The van der Waals surface area contributed by atoms with Crippen LogP contribution < -0.4 is 11.5 Å². The Morgan fingerprint density at radius 3 is 2.12 bits per heavy atom. The molecule has 134 valence electrons. The maximum atomic E-state index is 10.6. The lowest BCUT2D eigenvalue weighted by Crippen LogP contribution is -2.02. The number of nitrogen functional groups attached to an aromatic ring is 2. The Labute approximate surface area is 141 Å². The Hall–Kier alpha value is -3.60. The molecule has 0 saturated heterocycles. The van der Waals surface area contributed by atoms with Gasteiger partial charge in [0.1, 0.15) is 17.2 Å². The van der Waals surface area contributed by atoms with Crippen LogP contribution in [-0.2, 0) is 6.42 Å². The smallest absolute Gasteiger partial charge is 0.299 e. The number of phenols is 2. The number of aromatic hydroxyl groups is 2. The predicted molar refractivity (Wildman–Crippen MR) is 89.1 cm³/mol. The molecule has 0 spiro atoms. The van der Waals surface area contributed by atoms with Crippen molar-refractivity contribution >= 4 is 22.7 Å². The summed E-state index contributed by atoms with van der Waals surface area (Å²) in [7, 11) is 0. The summed E-state index contributed by atoms with van der Waals surface area (Å²) in [5.74, 6) is -0.482. The van der Waals surface area contributed by atoms with Gasteiger partial charge >= 0.3 is 0 Å². The van der Waals surface area contributed by atoms with Gasteiger partial charge in [0, 0.05) is 18.6 Å². The Morgan fingerprint density at radius 1 is 1.00 bits per heavy atom. The van der Waals surface area contributed by atoms with Crippen LogP contribution in [0, 0.1) is 20.2 Å². The first kappa shape index (κ1) is 19.4. The van der Waals surface area contributed by atoms with E-state index in [-0.39, 0.29) is 47.3 Å². The van der Waals surface area contributed by atoms with Crippen LogP contribution in [0.25, 0.3) is 0 Å². The monoisotopic (exact) mass is 352 g/mol. The van der Waals surface area contributed by atoms with Crippen molar-refractivity contribution in [3.8, 4) is 11.5 Å². The van der Waals surface area contributed by atoms with E-state index in [0.29, 0.717) is 5.56 Å². The van der Waals surface area contributed by atoms with Gasteiger partial charge in [0.15, 0.2) is 5.69 Å². The van der Waals surface area contributed by atoms with Crippen LogP contribution in [0.4, 0.5) is 22.7 Å². The lowest BCUT2D eigenvalue weighted by Gasteiger charge is -2.04. The SMILES string of the molecule is Nc1c(O)ccc(CCO)c1[N+](=O)[O-].Nc1ccc(O)cc1[N+](=O)[O-]. The number of hydrogen-bond acceptors (Lipinski definition) is 9. The number of aliphatic hydroxyl groups excluding tert-OH is 1. The standard InChI is InChI=1S/C8H10N2O4.C6H6N2O3/c9-7-6(12)2-1-5(3-4-11)8(7)10(13)14;7-5-2-1-4(9)3-6(5)8(10)11/h1-2,11-12H,3-4,9H2;1-3,9H,7H2. The number of benzene rings is 2. The summed E-state index contributed by atoms with van der Waals surface area (Å²) in [6.07, 6.45) is 0.140. The predicted octanol–water partition coefficient (Wildman–Crippen LogP) is 1.30. The quantitative estimate of drug-likeness (QED) is 0.177. The normalized spacial score (nSPS) is 9.80. The van der Waals surface area contributed by atoms with Crippen LogP contribution in [0.1, 0.15) is 5.56 Å². The molecule has 0 aliphatic rings. The Balaban J connectivity index is 0.000000257. The molecule has 0 aliphatic carbocycles. The second-order valence-corrected chi connectivity index (χ2v) is 4.74. The molecule has 0 radical (unpaired) electrons. The molecule has 0 saturated carbocycles. The van der Waals surface area contributed by atoms with Crippen LogP contribution in [0.15, 0.2) is 30.3 Å². The summed E-state index contributed by atoms with van der Waals surface area (Å²) < 4.78 is 0. The number of nitro groups is 2. The van der Waals surface area contributed by atoms with Gasteiger partial charge in [-0.2, -0.15) is 0 Å². The van der Waals surface area contributed by atoms with Gasteiger partial charge in [-0.15, -0.1) is 0 Å². The molecule has 11 nitrogen and oxygen atoms in total. The van der Waals surface area contributed by atoms with E-state index < -0.39 is 9.85 Å². The molecule has 11 heteroatoms. The fourth-order valence-electron chi connectivity index (χ4n) is 1.87. The summed E-state index contributed by atoms with van der Waals surface area (Å²) in [6.45, 7) is -0.203. The Kier molecular flexibility index (Phi) is 6.46. The average Bonchev–Trinajstić information content (AvgIpc) is 2.53. The van der Waals surface area contributed by atoms with Gasteiger partial charge in [-0.3, -0.25) is 20.2 Å². The van der Waals surface area contributed by atoms with Crippen molar-refractivity contribution in [2.24, 2.45) is 0 Å². The first-order valence-electron chi connectivity index (χ1n) is 6.77. The molecule has 0 fully saturated rings. The summed E-state index contributed by atoms with van der Waals surface area (Å²) in [5.41, 5.74) is 10.1. The molecule has 0 heterocycles. The summed E-state index contributed by atoms with van der Waals surface area (Å²) in [6, 6.07) is 6.23.